The predicted molar refractivity (Wildman–Crippen MR) is 143 cm³/mol. The Morgan fingerprint density at radius 1 is 0.636 bits per heavy atom. The van der Waals surface area contributed by atoms with Gasteiger partial charge < -0.3 is 21.3 Å². The zero-order valence-corrected chi connectivity index (χ0v) is 23.2. The molecular formula is C26H58N4O3. The van der Waals surface area contributed by atoms with Crippen LogP contribution in [-0.4, -0.2) is 43.0 Å². The summed E-state index contributed by atoms with van der Waals surface area (Å²) in [5.41, 5.74) is -0.255. The molecule has 0 aliphatic carbocycles. The molecule has 4 amide bonds. The molecule has 0 heterocycles. The molecular weight excluding hydrogens is 416 g/mol. The van der Waals surface area contributed by atoms with E-state index in [4.69, 9.17) is 0 Å². The van der Waals surface area contributed by atoms with E-state index in [1.807, 2.05) is 62.3 Å². The molecule has 0 saturated carbocycles. The molecule has 0 aromatic rings. The Morgan fingerprint density at radius 3 is 1.33 bits per heavy atom. The number of hydrogen-bond acceptors (Lipinski definition) is 3. The Labute approximate surface area is 206 Å². The van der Waals surface area contributed by atoms with E-state index in [0.29, 0.717) is 24.2 Å². The van der Waals surface area contributed by atoms with E-state index < -0.39 is 0 Å². The molecule has 33 heavy (non-hydrogen) atoms. The van der Waals surface area contributed by atoms with Crippen molar-refractivity contribution in [3.63, 3.8) is 0 Å². The van der Waals surface area contributed by atoms with E-state index in [2.05, 4.69) is 49.0 Å². The second-order valence-electron chi connectivity index (χ2n) is 11.1. The maximum absolute atomic E-state index is 11.3. The number of carbonyl (C=O) groups is 3. The van der Waals surface area contributed by atoms with Crippen LogP contribution >= 0.6 is 0 Å². The van der Waals surface area contributed by atoms with Gasteiger partial charge in [-0.15, -0.1) is 0 Å². The third-order valence-electron chi connectivity index (χ3n) is 3.49. The number of urea groups is 1. The summed E-state index contributed by atoms with van der Waals surface area (Å²) in [6.07, 6.45) is 0.637. The highest BCUT2D eigenvalue weighted by molar-refractivity contribution is 5.81. The zero-order valence-electron chi connectivity index (χ0n) is 23.2. The first kappa shape index (κ1) is 38.5. The topological polar surface area (TPSA) is 99.3 Å². The molecule has 7 nitrogen and oxygen atoms in total. The predicted octanol–water partition coefficient (Wildman–Crippen LogP) is 5.35. The quantitative estimate of drug-likeness (QED) is 0.382. The molecule has 0 aliphatic rings. The van der Waals surface area contributed by atoms with Crippen LogP contribution in [0, 0.1) is 23.2 Å². The number of rotatable bonds is 8. The monoisotopic (exact) mass is 474 g/mol. The van der Waals surface area contributed by atoms with Gasteiger partial charge in [-0.3, -0.25) is 9.59 Å². The highest BCUT2D eigenvalue weighted by Crippen LogP contribution is 2.12. The third kappa shape index (κ3) is 35.0. The van der Waals surface area contributed by atoms with Crippen LogP contribution in [0.2, 0.25) is 0 Å². The van der Waals surface area contributed by atoms with E-state index >= 15 is 0 Å². The average molecular weight is 475 g/mol. The molecule has 0 saturated heterocycles. The average Bonchev–Trinajstić information content (AvgIpc) is 2.56. The first-order valence-corrected chi connectivity index (χ1v) is 12.0. The van der Waals surface area contributed by atoms with Crippen LogP contribution < -0.4 is 21.3 Å². The minimum atomic E-state index is -0.255. The summed E-state index contributed by atoms with van der Waals surface area (Å²) in [6, 6.07) is 0.405. The van der Waals surface area contributed by atoms with E-state index in [-0.39, 0.29) is 42.8 Å². The van der Waals surface area contributed by atoms with Gasteiger partial charge in [-0.2, -0.15) is 0 Å². The Morgan fingerprint density at radius 2 is 1.03 bits per heavy atom. The van der Waals surface area contributed by atoms with Gasteiger partial charge in [0.05, 0.1) is 0 Å². The molecule has 7 heteroatoms. The van der Waals surface area contributed by atoms with Gasteiger partial charge in [0.1, 0.15) is 0 Å². The lowest BCUT2D eigenvalue weighted by molar-refractivity contribution is -0.128. The van der Waals surface area contributed by atoms with Crippen molar-refractivity contribution in [3.05, 3.63) is 0 Å². The van der Waals surface area contributed by atoms with Gasteiger partial charge in [-0.25, -0.2) is 4.79 Å². The van der Waals surface area contributed by atoms with Crippen molar-refractivity contribution in [1.82, 2.24) is 21.3 Å². The Kier molecular flexibility index (Phi) is 24.2. The second kappa shape index (κ2) is 20.8. The highest BCUT2D eigenvalue weighted by Gasteiger charge is 2.20. The van der Waals surface area contributed by atoms with Crippen LogP contribution in [0.25, 0.3) is 0 Å². The number of carbonyl (C=O) groups excluding carboxylic acids is 3. The molecule has 0 rings (SSSR count). The van der Waals surface area contributed by atoms with Gasteiger partial charge in [0, 0.05) is 37.0 Å². The number of hydrogen-bond donors (Lipinski definition) is 4. The van der Waals surface area contributed by atoms with Crippen molar-refractivity contribution in [1.29, 1.82) is 0 Å². The summed E-state index contributed by atoms with van der Waals surface area (Å²) < 4.78 is 0. The number of amides is 4. The van der Waals surface area contributed by atoms with Gasteiger partial charge in [-0.1, -0.05) is 69.7 Å². The SMILES string of the molecule is C.CC(C)CC(=O)NC(C)C.CC(C)CNC(=O)C(C)(C)C.CC(C)CNC(=O)NC(C)C. The maximum atomic E-state index is 11.3. The van der Waals surface area contributed by atoms with E-state index in [1.165, 1.54) is 0 Å². The summed E-state index contributed by atoms with van der Waals surface area (Å²) in [5.74, 6) is 1.78. The Hall–Kier alpha value is -1.79. The summed E-state index contributed by atoms with van der Waals surface area (Å²) >= 11 is 0. The van der Waals surface area contributed by atoms with Crippen molar-refractivity contribution in [2.24, 2.45) is 23.2 Å². The maximum Gasteiger partial charge on any atom is 0.314 e. The van der Waals surface area contributed by atoms with Crippen molar-refractivity contribution >= 4 is 17.8 Å². The minimum Gasteiger partial charge on any atom is -0.355 e. The molecule has 0 aromatic carbocycles. The van der Waals surface area contributed by atoms with Crippen LogP contribution in [0.15, 0.2) is 0 Å². The van der Waals surface area contributed by atoms with Gasteiger partial charge in [0.2, 0.25) is 11.8 Å². The van der Waals surface area contributed by atoms with Crippen LogP contribution in [0.3, 0.4) is 0 Å². The highest BCUT2D eigenvalue weighted by atomic mass is 16.2. The smallest absolute Gasteiger partial charge is 0.314 e. The first-order valence-electron chi connectivity index (χ1n) is 12.0. The van der Waals surface area contributed by atoms with Crippen molar-refractivity contribution in [2.75, 3.05) is 13.1 Å². The van der Waals surface area contributed by atoms with Crippen molar-refractivity contribution < 1.29 is 14.4 Å². The Bertz CT molecular complexity index is 496. The fourth-order valence-electron chi connectivity index (χ4n) is 1.92. The van der Waals surface area contributed by atoms with E-state index in [9.17, 15) is 14.4 Å². The van der Waals surface area contributed by atoms with Gasteiger partial charge in [0.25, 0.3) is 0 Å². The second-order valence-corrected chi connectivity index (χ2v) is 11.1. The molecule has 0 aliphatic heterocycles. The van der Waals surface area contributed by atoms with E-state index in [0.717, 1.165) is 13.1 Å². The fourth-order valence-corrected chi connectivity index (χ4v) is 1.92. The first-order chi connectivity index (χ1) is 14.4. The summed E-state index contributed by atoms with van der Waals surface area (Å²) in [7, 11) is 0. The molecule has 0 spiro atoms. The van der Waals surface area contributed by atoms with Crippen LogP contribution in [0.4, 0.5) is 4.79 Å². The molecule has 200 valence electrons. The summed E-state index contributed by atoms with van der Waals surface area (Å²) in [5, 5.41) is 11.2. The molecule has 0 fully saturated rings. The van der Waals surface area contributed by atoms with Gasteiger partial charge in [0.15, 0.2) is 0 Å². The van der Waals surface area contributed by atoms with Crippen molar-refractivity contribution in [3.8, 4) is 0 Å². The van der Waals surface area contributed by atoms with Gasteiger partial charge in [-0.05, 0) is 45.4 Å². The van der Waals surface area contributed by atoms with Crippen LogP contribution in [0.5, 0.6) is 0 Å². The molecule has 0 radical (unpaired) electrons. The third-order valence-corrected chi connectivity index (χ3v) is 3.49. The van der Waals surface area contributed by atoms with E-state index in [1.54, 1.807) is 0 Å². The molecule has 0 atom stereocenters. The lowest BCUT2D eigenvalue weighted by atomic mass is 9.95. The largest absolute Gasteiger partial charge is 0.355 e. The summed E-state index contributed by atoms with van der Waals surface area (Å²) in [4.78, 5) is 33.1. The molecule has 0 unspecified atom stereocenters. The lowest BCUT2D eigenvalue weighted by Crippen LogP contribution is -2.40. The normalized spacial score (nSPS) is 10.6. The minimum absolute atomic E-state index is 0. The Balaban J connectivity index is -0.000000189. The summed E-state index contributed by atoms with van der Waals surface area (Å²) in [6.45, 7) is 27.5. The molecule has 4 N–H and O–H groups in total. The standard InChI is InChI=1S/C9H19NO.C8H18N2O.C8H17NO.CH4/c1-7(2)6-10-8(11)9(3,4)5;1-6(2)5-9-8(11)10-7(3)4;1-6(2)5-8(10)9-7(3)4;/h7H,6H2,1-5H3,(H,10,11);6-7H,5H2,1-4H3,(H2,9,10,11);6-7H,5H2,1-4H3,(H,9,10);1H4. The number of nitrogens with one attached hydrogen (secondary N) is 4. The molecule has 0 aromatic heterocycles. The fraction of sp³-hybridized carbons (Fsp3) is 0.885. The van der Waals surface area contributed by atoms with Crippen LogP contribution in [0.1, 0.15) is 104 Å². The van der Waals surface area contributed by atoms with Crippen LogP contribution in [-0.2, 0) is 9.59 Å². The zero-order chi connectivity index (χ0) is 26.1. The van der Waals surface area contributed by atoms with Crippen molar-refractivity contribution in [2.45, 2.75) is 116 Å². The van der Waals surface area contributed by atoms with Gasteiger partial charge >= 0.3 is 6.03 Å². The lowest BCUT2D eigenvalue weighted by Gasteiger charge is -2.18. The molecule has 0 bridgehead atoms.